The Labute approximate surface area is 91.8 Å². The number of hydrogen-bond donors (Lipinski definition) is 1. The minimum absolute atomic E-state index is 0.0867. The van der Waals surface area contributed by atoms with E-state index in [1.165, 1.54) is 0 Å². The summed E-state index contributed by atoms with van der Waals surface area (Å²) in [5, 5.41) is 0. The third-order valence-corrected chi connectivity index (χ3v) is 3.00. The lowest BCUT2D eigenvalue weighted by Crippen LogP contribution is -2.45. The molecule has 1 fully saturated rings. The van der Waals surface area contributed by atoms with Crippen molar-refractivity contribution in [1.29, 1.82) is 0 Å². The van der Waals surface area contributed by atoms with E-state index < -0.39 is 0 Å². The molecule has 0 spiro atoms. The van der Waals surface area contributed by atoms with E-state index in [9.17, 15) is 4.79 Å². The predicted molar refractivity (Wildman–Crippen MR) is 59.4 cm³/mol. The summed E-state index contributed by atoms with van der Waals surface area (Å²) < 4.78 is 5.09. The third-order valence-electron chi connectivity index (χ3n) is 3.00. The van der Waals surface area contributed by atoms with Crippen LogP contribution in [0.1, 0.15) is 20.3 Å². The molecule has 1 saturated heterocycles. The standard InChI is InChI=1S/C11H22N2O2/c1-8(2)10(12)11(14)13-5-4-9(6-13)7-15-3/h8-10H,4-7,12H2,1-3H3/t9?,10-/m0/s1. The summed E-state index contributed by atoms with van der Waals surface area (Å²) in [6.07, 6.45) is 1.03. The van der Waals surface area contributed by atoms with Gasteiger partial charge in [-0.25, -0.2) is 0 Å². The largest absolute Gasteiger partial charge is 0.384 e. The van der Waals surface area contributed by atoms with Crippen LogP contribution in [0.25, 0.3) is 0 Å². The zero-order chi connectivity index (χ0) is 11.4. The lowest BCUT2D eigenvalue weighted by molar-refractivity contribution is -0.132. The van der Waals surface area contributed by atoms with Gasteiger partial charge >= 0.3 is 0 Å². The molecular formula is C11H22N2O2. The molecule has 1 rings (SSSR count). The van der Waals surface area contributed by atoms with Crippen LogP contribution in [0.3, 0.4) is 0 Å². The summed E-state index contributed by atoms with van der Waals surface area (Å²) in [5.41, 5.74) is 5.84. The van der Waals surface area contributed by atoms with E-state index >= 15 is 0 Å². The number of rotatable bonds is 4. The Kier molecular flexibility index (Phi) is 4.54. The fraction of sp³-hybridized carbons (Fsp3) is 0.909. The lowest BCUT2D eigenvalue weighted by atomic mass is 10.0. The number of methoxy groups -OCH3 is 1. The molecule has 0 aliphatic carbocycles. The Balaban J connectivity index is 2.43. The van der Waals surface area contributed by atoms with Gasteiger partial charge in [0.1, 0.15) is 0 Å². The first-order chi connectivity index (χ1) is 7.06. The van der Waals surface area contributed by atoms with Crippen molar-refractivity contribution in [2.45, 2.75) is 26.3 Å². The Hall–Kier alpha value is -0.610. The Morgan fingerprint density at radius 2 is 2.27 bits per heavy atom. The van der Waals surface area contributed by atoms with Crippen LogP contribution in [0.5, 0.6) is 0 Å². The minimum Gasteiger partial charge on any atom is -0.384 e. The maximum atomic E-state index is 11.9. The number of nitrogens with two attached hydrogens (primary N) is 1. The highest BCUT2D eigenvalue weighted by Crippen LogP contribution is 2.18. The van der Waals surface area contributed by atoms with Crippen LogP contribution in [-0.4, -0.2) is 43.7 Å². The van der Waals surface area contributed by atoms with Crippen LogP contribution in [0.2, 0.25) is 0 Å². The highest BCUT2D eigenvalue weighted by Gasteiger charge is 2.30. The number of nitrogens with zero attached hydrogens (tertiary/aromatic N) is 1. The number of carbonyl (C=O) groups is 1. The molecule has 0 saturated carbocycles. The van der Waals surface area contributed by atoms with E-state index in [4.69, 9.17) is 10.5 Å². The monoisotopic (exact) mass is 214 g/mol. The van der Waals surface area contributed by atoms with Crippen LogP contribution in [0, 0.1) is 11.8 Å². The maximum absolute atomic E-state index is 11.9. The van der Waals surface area contributed by atoms with Crippen molar-refractivity contribution in [3.63, 3.8) is 0 Å². The van der Waals surface area contributed by atoms with Gasteiger partial charge in [0.05, 0.1) is 12.6 Å². The quantitative estimate of drug-likeness (QED) is 0.740. The molecule has 1 aliphatic rings. The Morgan fingerprint density at radius 1 is 1.60 bits per heavy atom. The van der Waals surface area contributed by atoms with E-state index in [-0.39, 0.29) is 17.9 Å². The molecule has 2 atom stereocenters. The van der Waals surface area contributed by atoms with E-state index in [1.54, 1.807) is 7.11 Å². The average molecular weight is 214 g/mol. The normalized spacial score (nSPS) is 23.5. The molecule has 0 aromatic rings. The van der Waals surface area contributed by atoms with Crippen LogP contribution in [0.15, 0.2) is 0 Å². The highest BCUT2D eigenvalue weighted by atomic mass is 16.5. The molecule has 1 aliphatic heterocycles. The second kappa shape index (κ2) is 5.47. The van der Waals surface area contributed by atoms with Gasteiger partial charge in [-0.3, -0.25) is 4.79 Å². The van der Waals surface area contributed by atoms with Crippen molar-refractivity contribution >= 4 is 5.91 Å². The van der Waals surface area contributed by atoms with Gasteiger partial charge in [-0.15, -0.1) is 0 Å². The second-order valence-electron chi connectivity index (χ2n) is 4.66. The molecule has 1 amide bonds. The van der Waals surface area contributed by atoms with Gasteiger partial charge in [0.25, 0.3) is 0 Å². The van der Waals surface area contributed by atoms with Crippen molar-refractivity contribution in [1.82, 2.24) is 4.90 Å². The number of carbonyl (C=O) groups excluding carboxylic acids is 1. The van der Waals surface area contributed by atoms with Crippen molar-refractivity contribution in [2.75, 3.05) is 26.8 Å². The Bertz CT molecular complexity index is 219. The van der Waals surface area contributed by atoms with Crippen LogP contribution in [0.4, 0.5) is 0 Å². The van der Waals surface area contributed by atoms with Gasteiger partial charge in [-0.2, -0.15) is 0 Å². The minimum atomic E-state index is -0.355. The van der Waals surface area contributed by atoms with Gasteiger partial charge in [0.2, 0.25) is 5.91 Å². The average Bonchev–Trinajstić information content (AvgIpc) is 2.64. The number of ether oxygens (including phenoxy) is 1. The summed E-state index contributed by atoms with van der Waals surface area (Å²) in [7, 11) is 1.70. The summed E-state index contributed by atoms with van der Waals surface area (Å²) in [6.45, 7) is 6.32. The molecule has 15 heavy (non-hydrogen) atoms. The highest BCUT2D eigenvalue weighted by molar-refractivity contribution is 5.82. The third kappa shape index (κ3) is 3.18. The topological polar surface area (TPSA) is 55.6 Å². The van der Waals surface area contributed by atoms with Crippen molar-refractivity contribution < 1.29 is 9.53 Å². The summed E-state index contributed by atoms with van der Waals surface area (Å²) in [4.78, 5) is 13.8. The first-order valence-electron chi connectivity index (χ1n) is 5.59. The molecule has 4 heteroatoms. The number of amides is 1. The van der Waals surface area contributed by atoms with Crippen LogP contribution >= 0.6 is 0 Å². The van der Waals surface area contributed by atoms with E-state index in [2.05, 4.69) is 0 Å². The number of likely N-dealkylation sites (tertiary alicyclic amines) is 1. The zero-order valence-electron chi connectivity index (χ0n) is 9.90. The van der Waals surface area contributed by atoms with Crippen LogP contribution < -0.4 is 5.73 Å². The van der Waals surface area contributed by atoms with Gasteiger partial charge in [-0.1, -0.05) is 13.8 Å². The lowest BCUT2D eigenvalue weighted by Gasteiger charge is -2.23. The molecule has 1 unspecified atom stereocenters. The SMILES string of the molecule is COCC1CCN(C(=O)[C@@H](N)C(C)C)C1. The molecular weight excluding hydrogens is 192 g/mol. The van der Waals surface area contributed by atoms with Crippen LogP contribution in [-0.2, 0) is 9.53 Å². The maximum Gasteiger partial charge on any atom is 0.239 e. The predicted octanol–water partition coefficient (Wildman–Crippen LogP) is 0.465. The molecule has 0 bridgehead atoms. The molecule has 88 valence electrons. The second-order valence-corrected chi connectivity index (χ2v) is 4.66. The summed E-state index contributed by atoms with van der Waals surface area (Å²) in [6, 6.07) is -0.355. The van der Waals surface area contributed by atoms with Gasteiger partial charge < -0.3 is 15.4 Å². The Morgan fingerprint density at radius 3 is 2.80 bits per heavy atom. The summed E-state index contributed by atoms with van der Waals surface area (Å²) in [5.74, 6) is 0.779. The molecule has 0 aromatic heterocycles. The zero-order valence-corrected chi connectivity index (χ0v) is 9.90. The van der Waals surface area contributed by atoms with Crippen molar-refractivity contribution in [3.05, 3.63) is 0 Å². The molecule has 2 N–H and O–H groups in total. The van der Waals surface area contributed by atoms with E-state index in [0.29, 0.717) is 5.92 Å². The summed E-state index contributed by atoms with van der Waals surface area (Å²) >= 11 is 0. The van der Waals surface area contributed by atoms with Crippen molar-refractivity contribution in [2.24, 2.45) is 17.6 Å². The van der Waals surface area contributed by atoms with Crippen molar-refractivity contribution in [3.8, 4) is 0 Å². The molecule has 4 nitrogen and oxygen atoms in total. The fourth-order valence-electron chi connectivity index (χ4n) is 1.90. The first-order valence-corrected chi connectivity index (χ1v) is 5.59. The molecule has 0 aromatic carbocycles. The molecule has 0 radical (unpaired) electrons. The molecule has 1 heterocycles. The van der Waals surface area contributed by atoms with Gasteiger partial charge in [0.15, 0.2) is 0 Å². The van der Waals surface area contributed by atoms with E-state index in [1.807, 2.05) is 18.7 Å². The number of hydrogen-bond acceptors (Lipinski definition) is 3. The van der Waals surface area contributed by atoms with Gasteiger partial charge in [-0.05, 0) is 12.3 Å². The fourth-order valence-corrected chi connectivity index (χ4v) is 1.90. The van der Waals surface area contributed by atoms with E-state index in [0.717, 1.165) is 26.1 Å². The smallest absolute Gasteiger partial charge is 0.239 e. The first kappa shape index (κ1) is 12.5. The van der Waals surface area contributed by atoms with Gasteiger partial charge in [0, 0.05) is 26.1 Å².